The lowest BCUT2D eigenvalue weighted by atomic mass is 10.2. The number of rotatable bonds is 4. The van der Waals surface area contributed by atoms with E-state index in [0.29, 0.717) is 15.5 Å². The standard InChI is InChI=1S/C14H10BrClO2S/c15-11-4-1-3-10(7-11)14(17)9-19(18)13-6-2-5-12(16)8-13/h1-8H,9H2. The van der Waals surface area contributed by atoms with Crippen LogP contribution in [0.15, 0.2) is 57.9 Å². The SMILES string of the molecule is O=C(CS(=O)c1cccc(Cl)c1)c1cccc(Br)c1. The molecular weight excluding hydrogens is 348 g/mol. The highest BCUT2D eigenvalue weighted by Gasteiger charge is 2.12. The van der Waals surface area contributed by atoms with Gasteiger partial charge in [-0.15, -0.1) is 0 Å². The molecule has 2 aromatic rings. The van der Waals surface area contributed by atoms with E-state index in [1.54, 1.807) is 42.5 Å². The maximum Gasteiger partial charge on any atom is 0.175 e. The number of Topliss-reactive ketones (excluding diaryl/α,β-unsaturated/α-hetero) is 1. The maximum atomic E-state index is 12.1. The summed E-state index contributed by atoms with van der Waals surface area (Å²) in [5.74, 6) is -0.198. The minimum absolute atomic E-state index is 0.0448. The smallest absolute Gasteiger partial charge is 0.175 e. The third-order valence-corrected chi connectivity index (χ3v) is 4.50. The lowest BCUT2D eigenvalue weighted by Gasteiger charge is -2.03. The molecule has 1 atom stereocenters. The second-order valence-electron chi connectivity index (χ2n) is 3.88. The molecule has 1 unspecified atom stereocenters. The Morgan fingerprint density at radius 1 is 1.16 bits per heavy atom. The number of carbonyl (C=O) groups is 1. The molecule has 0 aliphatic rings. The van der Waals surface area contributed by atoms with Crippen molar-refractivity contribution in [3.8, 4) is 0 Å². The number of ketones is 1. The normalized spacial score (nSPS) is 12.1. The molecule has 2 nitrogen and oxygen atoms in total. The van der Waals surface area contributed by atoms with Gasteiger partial charge in [0.15, 0.2) is 5.78 Å². The summed E-state index contributed by atoms with van der Waals surface area (Å²) in [5.41, 5.74) is 0.546. The predicted octanol–water partition coefficient (Wildman–Crippen LogP) is 4.09. The van der Waals surface area contributed by atoms with Crippen molar-refractivity contribution in [2.24, 2.45) is 0 Å². The topological polar surface area (TPSA) is 34.1 Å². The fourth-order valence-corrected chi connectivity index (χ4v) is 3.27. The van der Waals surface area contributed by atoms with E-state index in [1.165, 1.54) is 0 Å². The molecule has 0 heterocycles. The molecule has 0 radical (unpaired) electrons. The van der Waals surface area contributed by atoms with Gasteiger partial charge in [-0.2, -0.15) is 0 Å². The van der Waals surface area contributed by atoms with Crippen LogP contribution in [0.2, 0.25) is 5.02 Å². The first-order valence-electron chi connectivity index (χ1n) is 5.49. The van der Waals surface area contributed by atoms with Crippen LogP contribution >= 0.6 is 27.5 Å². The molecule has 19 heavy (non-hydrogen) atoms. The minimum atomic E-state index is -1.38. The van der Waals surface area contributed by atoms with Crippen LogP contribution in [0.3, 0.4) is 0 Å². The third-order valence-electron chi connectivity index (χ3n) is 2.47. The summed E-state index contributed by atoms with van der Waals surface area (Å²) >= 11 is 9.14. The third kappa shape index (κ3) is 4.00. The number of halogens is 2. The summed E-state index contributed by atoms with van der Waals surface area (Å²) < 4.78 is 12.9. The van der Waals surface area contributed by atoms with Gasteiger partial charge in [-0.05, 0) is 30.3 Å². The van der Waals surface area contributed by atoms with E-state index in [2.05, 4.69) is 15.9 Å². The highest BCUT2D eigenvalue weighted by molar-refractivity contribution is 9.10. The van der Waals surface area contributed by atoms with Crippen LogP contribution in [0.1, 0.15) is 10.4 Å². The lowest BCUT2D eigenvalue weighted by molar-refractivity contribution is 0.102. The molecular formula is C14H10BrClO2S. The van der Waals surface area contributed by atoms with E-state index < -0.39 is 10.8 Å². The van der Waals surface area contributed by atoms with Gasteiger partial charge in [0.05, 0.1) is 16.6 Å². The van der Waals surface area contributed by atoms with Crippen molar-refractivity contribution in [1.29, 1.82) is 0 Å². The predicted molar refractivity (Wildman–Crippen MR) is 81.2 cm³/mol. The van der Waals surface area contributed by atoms with Crippen molar-refractivity contribution in [2.75, 3.05) is 5.75 Å². The summed E-state index contributed by atoms with van der Waals surface area (Å²) in [4.78, 5) is 12.6. The quantitative estimate of drug-likeness (QED) is 0.772. The Kier molecular flexibility index (Phi) is 4.91. The molecule has 0 spiro atoms. The second kappa shape index (κ2) is 6.46. The summed E-state index contributed by atoms with van der Waals surface area (Å²) in [6.07, 6.45) is 0. The van der Waals surface area contributed by atoms with Gasteiger partial charge in [0.25, 0.3) is 0 Å². The number of hydrogen-bond acceptors (Lipinski definition) is 2. The zero-order valence-electron chi connectivity index (χ0n) is 9.81. The first kappa shape index (κ1) is 14.4. The Morgan fingerprint density at radius 2 is 1.89 bits per heavy atom. The van der Waals surface area contributed by atoms with E-state index in [1.807, 2.05) is 6.07 Å². The van der Waals surface area contributed by atoms with Gasteiger partial charge in [0, 0.05) is 20.0 Å². The van der Waals surface area contributed by atoms with Gasteiger partial charge in [0.1, 0.15) is 0 Å². The molecule has 0 N–H and O–H groups in total. The zero-order chi connectivity index (χ0) is 13.8. The van der Waals surface area contributed by atoms with Crippen molar-refractivity contribution in [3.63, 3.8) is 0 Å². The molecule has 0 fully saturated rings. The van der Waals surface area contributed by atoms with Crippen molar-refractivity contribution in [2.45, 2.75) is 4.90 Å². The average Bonchev–Trinajstić information content (AvgIpc) is 2.38. The number of benzene rings is 2. The molecule has 0 aromatic heterocycles. The highest BCUT2D eigenvalue weighted by Crippen LogP contribution is 2.16. The average molecular weight is 358 g/mol. The fourth-order valence-electron chi connectivity index (χ4n) is 1.56. The van der Waals surface area contributed by atoms with Crippen molar-refractivity contribution in [3.05, 3.63) is 63.6 Å². The van der Waals surface area contributed by atoms with Gasteiger partial charge in [-0.25, -0.2) is 0 Å². The van der Waals surface area contributed by atoms with E-state index in [0.717, 1.165) is 4.47 Å². The van der Waals surface area contributed by atoms with Crippen LogP contribution in [0.4, 0.5) is 0 Å². The van der Waals surface area contributed by atoms with E-state index in [9.17, 15) is 9.00 Å². The van der Waals surface area contributed by atoms with Gasteiger partial charge in [0.2, 0.25) is 0 Å². The van der Waals surface area contributed by atoms with Crippen LogP contribution in [0.5, 0.6) is 0 Å². The first-order chi connectivity index (χ1) is 9.06. The van der Waals surface area contributed by atoms with Crippen LogP contribution in [-0.4, -0.2) is 15.7 Å². The van der Waals surface area contributed by atoms with E-state index in [-0.39, 0.29) is 11.5 Å². The summed E-state index contributed by atoms with van der Waals surface area (Å²) in [6.45, 7) is 0. The monoisotopic (exact) mass is 356 g/mol. The molecule has 2 aromatic carbocycles. The maximum absolute atomic E-state index is 12.1. The Morgan fingerprint density at radius 3 is 2.58 bits per heavy atom. The van der Waals surface area contributed by atoms with Crippen molar-refractivity contribution >= 4 is 44.1 Å². The fraction of sp³-hybridized carbons (Fsp3) is 0.0714. The van der Waals surface area contributed by atoms with Gasteiger partial charge in [-0.3, -0.25) is 9.00 Å². The van der Waals surface area contributed by atoms with Gasteiger partial charge < -0.3 is 0 Å². The first-order valence-corrected chi connectivity index (χ1v) is 7.98. The molecule has 2 rings (SSSR count). The van der Waals surface area contributed by atoms with Crippen LogP contribution in [0, 0.1) is 0 Å². The minimum Gasteiger partial charge on any atom is -0.293 e. The van der Waals surface area contributed by atoms with Crippen LogP contribution in [0.25, 0.3) is 0 Å². The van der Waals surface area contributed by atoms with Crippen LogP contribution < -0.4 is 0 Å². The van der Waals surface area contributed by atoms with E-state index in [4.69, 9.17) is 11.6 Å². The molecule has 0 amide bonds. The molecule has 0 saturated heterocycles. The summed E-state index contributed by atoms with van der Waals surface area (Å²) in [6, 6.07) is 13.8. The van der Waals surface area contributed by atoms with Gasteiger partial charge >= 0.3 is 0 Å². The summed E-state index contributed by atoms with van der Waals surface area (Å²) in [7, 11) is -1.38. The molecule has 98 valence electrons. The largest absolute Gasteiger partial charge is 0.293 e. The molecule has 0 aliphatic carbocycles. The number of hydrogen-bond donors (Lipinski definition) is 0. The molecule has 5 heteroatoms. The lowest BCUT2D eigenvalue weighted by Crippen LogP contribution is -2.11. The van der Waals surface area contributed by atoms with Crippen LogP contribution in [-0.2, 0) is 10.8 Å². The second-order valence-corrected chi connectivity index (χ2v) is 6.68. The highest BCUT2D eigenvalue weighted by atomic mass is 79.9. The molecule has 0 aliphatic heterocycles. The van der Waals surface area contributed by atoms with Crippen molar-refractivity contribution in [1.82, 2.24) is 0 Å². The molecule has 0 bridgehead atoms. The van der Waals surface area contributed by atoms with Gasteiger partial charge in [-0.1, -0.05) is 45.7 Å². The Balaban J connectivity index is 2.13. The Labute approximate surface area is 127 Å². The van der Waals surface area contributed by atoms with Crippen molar-refractivity contribution < 1.29 is 9.00 Å². The Hall–Kier alpha value is -0.970. The molecule has 0 saturated carbocycles. The Bertz CT molecular complexity index is 587. The number of carbonyl (C=O) groups excluding carboxylic acids is 1. The van der Waals surface area contributed by atoms with E-state index >= 15 is 0 Å². The summed E-state index contributed by atoms with van der Waals surface area (Å²) in [5, 5.41) is 0.515. The zero-order valence-corrected chi connectivity index (χ0v) is 13.0.